The molecule has 2 aliphatic carbocycles. The van der Waals surface area contributed by atoms with Gasteiger partial charge in [-0.3, -0.25) is 4.79 Å². The zero-order valence-electron chi connectivity index (χ0n) is 18.3. The highest BCUT2D eigenvalue weighted by Gasteiger charge is 2.28. The number of nitrogens with one attached hydrogen (secondary N) is 3. The minimum atomic E-state index is -0.198. The van der Waals surface area contributed by atoms with Gasteiger partial charge in [-0.25, -0.2) is 9.78 Å². The van der Waals surface area contributed by atoms with Crippen molar-refractivity contribution in [3.05, 3.63) is 23.9 Å². The van der Waals surface area contributed by atoms with Crippen molar-refractivity contribution < 1.29 is 14.3 Å². The maximum atomic E-state index is 12.4. The lowest BCUT2D eigenvalue weighted by molar-refractivity contribution is -0.126. The molecule has 3 rings (SSSR count). The number of aromatic nitrogens is 1. The summed E-state index contributed by atoms with van der Waals surface area (Å²) in [6.45, 7) is 4.35. The summed E-state index contributed by atoms with van der Waals surface area (Å²) in [6, 6.07) is 3.77. The molecule has 7 heteroatoms. The SMILES string of the molecule is CC(C)NC(=O)C1CCCC(NC(=O)NCc2ccnc(OC3CCCCC3)c2)C1. The van der Waals surface area contributed by atoms with Gasteiger partial charge in [0.25, 0.3) is 0 Å². The topological polar surface area (TPSA) is 92.4 Å². The third-order valence-electron chi connectivity index (χ3n) is 5.90. The van der Waals surface area contributed by atoms with E-state index in [2.05, 4.69) is 20.9 Å². The normalized spacial score (nSPS) is 22.4. The zero-order chi connectivity index (χ0) is 21.3. The Morgan fingerprint density at radius 3 is 2.70 bits per heavy atom. The Morgan fingerprint density at radius 1 is 1.13 bits per heavy atom. The van der Waals surface area contributed by atoms with Crippen LogP contribution in [0, 0.1) is 5.92 Å². The van der Waals surface area contributed by atoms with E-state index in [1.807, 2.05) is 26.0 Å². The van der Waals surface area contributed by atoms with Gasteiger partial charge in [0.2, 0.25) is 11.8 Å². The van der Waals surface area contributed by atoms with E-state index < -0.39 is 0 Å². The molecule has 30 heavy (non-hydrogen) atoms. The van der Waals surface area contributed by atoms with Crippen molar-refractivity contribution in [1.29, 1.82) is 0 Å². The van der Waals surface area contributed by atoms with Crippen LogP contribution in [0.15, 0.2) is 18.3 Å². The maximum Gasteiger partial charge on any atom is 0.315 e. The summed E-state index contributed by atoms with van der Waals surface area (Å²) in [5.41, 5.74) is 0.962. The molecular weight excluding hydrogens is 380 g/mol. The molecular formula is C23H36N4O3. The van der Waals surface area contributed by atoms with Crippen LogP contribution in [0.4, 0.5) is 4.79 Å². The van der Waals surface area contributed by atoms with E-state index in [4.69, 9.17) is 4.74 Å². The number of carbonyl (C=O) groups is 2. The molecule has 1 aromatic heterocycles. The molecule has 0 aromatic carbocycles. The van der Waals surface area contributed by atoms with Gasteiger partial charge < -0.3 is 20.7 Å². The van der Waals surface area contributed by atoms with E-state index in [1.54, 1.807) is 6.20 Å². The standard InChI is InChI=1S/C23H36N4O3/c1-16(2)26-22(28)18-7-6-8-19(14-18)27-23(29)25-15-17-11-12-24-21(13-17)30-20-9-4-3-5-10-20/h11-13,16,18-20H,3-10,14-15H2,1-2H3,(H,26,28)(H2,25,27,29). The van der Waals surface area contributed by atoms with Crippen LogP contribution in [0.25, 0.3) is 0 Å². The van der Waals surface area contributed by atoms with E-state index >= 15 is 0 Å². The van der Waals surface area contributed by atoms with Crippen LogP contribution in [0.3, 0.4) is 0 Å². The lowest BCUT2D eigenvalue weighted by atomic mass is 9.85. The lowest BCUT2D eigenvalue weighted by Crippen LogP contribution is -2.46. The maximum absolute atomic E-state index is 12.4. The third kappa shape index (κ3) is 7.18. The van der Waals surface area contributed by atoms with Crippen LogP contribution in [0.5, 0.6) is 5.88 Å². The summed E-state index contributed by atoms with van der Waals surface area (Å²) < 4.78 is 6.01. The first-order valence-corrected chi connectivity index (χ1v) is 11.5. The third-order valence-corrected chi connectivity index (χ3v) is 5.90. The van der Waals surface area contributed by atoms with Crippen LogP contribution in [-0.4, -0.2) is 35.1 Å². The van der Waals surface area contributed by atoms with E-state index in [9.17, 15) is 9.59 Å². The largest absolute Gasteiger partial charge is 0.474 e. The van der Waals surface area contributed by atoms with Gasteiger partial charge in [-0.1, -0.05) is 12.8 Å². The van der Waals surface area contributed by atoms with Gasteiger partial charge in [0.05, 0.1) is 0 Å². The summed E-state index contributed by atoms with van der Waals surface area (Å²) in [5.74, 6) is 0.707. The molecule has 2 saturated carbocycles. The molecule has 0 radical (unpaired) electrons. The Bertz CT molecular complexity index is 703. The number of hydrogen-bond acceptors (Lipinski definition) is 4. The summed E-state index contributed by atoms with van der Waals surface area (Å²) >= 11 is 0. The van der Waals surface area contributed by atoms with E-state index in [0.717, 1.165) is 37.7 Å². The van der Waals surface area contributed by atoms with Crippen molar-refractivity contribution >= 4 is 11.9 Å². The first-order chi connectivity index (χ1) is 14.5. The first-order valence-electron chi connectivity index (χ1n) is 11.5. The molecule has 0 bridgehead atoms. The smallest absolute Gasteiger partial charge is 0.315 e. The fourth-order valence-electron chi connectivity index (χ4n) is 4.36. The van der Waals surface area contributed by atoms with Gasteiger partial charge in [0.15, 0.2) is 0 Å². The molecule has 3 amide bonds. The van der Waals surface area contributed by atoms with Gasteiger partial charge in [-0.2, -0.15) is 0 Å². The van der Waals surface area contributed by atoms with Crippen molar-refractivity contribution in [2.75, 3.05) is 0 Å². The highest BCUT2D eigenvalue weighted by molar-refractivity contribution is 5.79. The van der Waals surface area contributed by atoms with E-state index in [-0.39, 0.29) is 36.0 Å². The number of rotatable bonds is 7. The van der Waals surface area contributed by atoms with Crippen molar-refractivity contribution in [3.63, 3.8) is 0 Å². The Morgan fingerprint density at radius 2 is 1.93 bits per heavy atom. The second kappa shape index (κ2) is 11.2. The van der Waals surface area contributed by atoms with Crippen molar-refractivity contribution in [2.24, 2.45) is 5.92 Å². The second-order valence-electron chi connectivity index (χ2n) is 8.93. The van der Waals surface area contributed by atoms with Crippen LogP contribution in [0.2, 0.25) is 0 Å². The van der Waals surface area contributed by atoms with Crippen molar-refractivity contribution in [3.8, 4) is 5.88 Å². The fourth-order valence-corrected chi connectivity index (χ4v) is 4.36. The van der Waals surface area contributed by atoms with Crippen LogP contribution < -0.4 is 20.7 Å². The summed E-state index contributed by atoms with van der Waals surface area (Å²) in [4.78, 5) is 29.0. The van der Waals surface area contributed by atoms with Crippen LogP contribution >= 0.6 is 0 Å². The Hall–Kier alpha value is -2.31. The van der Waals surface area contributed by atoms with Gasteiger partial charge >= 0.3 is 6.03 Å². The van der Waals surface area contributed by atoms with E-state index in [0.29, 0.717) is 18.8 Å². The van der Waals surface area contributed by atoms with Crippen molar-refractivity contribution in [2.45, 2.75) is 96.4 Å². The number of ether oxygens (including phenoxy) is 1. The molecule has 1 aromatic rings. The molecule has 7 nitrogen and oxygen atoms in total. The average molecular weight is 417 g/mol. The summed E-state index contributed by atoms with van der Waals surface area (Å²) in [7, 11) is 0. The number of hydrogen-bond donors (Lipinski definition) is 3. The van der Waals surface area contributed by atoms with Gasteiger partial charge in [-0.15, -0.1) is 0 Å². The molecule has 0 aliphatic heterocycles. The Kier molecular flexibility index (Phi) is 8.34. The molecule has 3 N–H and O–H groups in total. The first kappa shape index (κ1) is 22.4. The summed E-state index contributed by atoms with van der Waals surface area (Å²) in [5, 5.41) is 8.93. The van der Waals surface area contributed by atoms with Crippen molar-refractivity contribution in [1.82, 2.24) is 20.9 Å². The van der Waals surface area contributed by atoms with Gasteiger partial charge in [-0.05, 0) is 70.4 Å². The van der Waals surface area contributed by atoms with E-state index in [1.165, 1.54) is 19.3 Å². The predicted molar refractivity (Wildman–Crippen MR) is 116 cm³/mol. The Labute approximate surface area is 179 Å². The quantitative estimate of drug-likeness (QED) is 0.632. The minimum absolute atomic E-state index is 0.0221. The lowest BCUT2D eigenvalue weighted by Gasteiger charge is -2.29. The number of carbonyl (C=O) groups excluding carboxylic acids is 2. The van der Waals surface area contributed by atoms with Gasteiger partial charge in [0.1, 0.15) is 6.10 Å². The highest BCUT2D eigenvalue weighted by Crippen LogP contribution is 2.25. The molecule has 2 aliphatic rings. The Balaban J connectivity index is 1.43. The second-order valence-corrected chi connectivity index (χ2v) is 8.93. The monoisotopic (exact) mass is 416 g/mol. The fraction of sp³-hybridized carbons (Fsp3) is 0.696. The molecule has 2 fully saturated rings. The molecule has 0 saturated heterocycles. The number of amides is 3. The molecule has 166 valence electrons. The average Bonchev–Trinajstić information content (AvgIpc) is 2.73. The molecule has 0 spiro atoms. The number of urea groups is 1. The van der Waals surface area contributed by atoms with Crippen LogP contribution in [-0.2, 0) is 11.3 Å². The molecule has 1 heterocycles. The molecule has 2 atom stereocenters. The van der Waals surface area contributed by atoms with Gasteiger partial charge in [0, 0.05) is 36.8 Å². The zero-order valence-corrected chi connectivity index (χ0v) is 18.3. The minimum Gasteiger partial charge on any atom is -0.474 e. The van der Waals surface area contributed by atoms with Crippen LogP contribution in [0.1, 0.15) is 77.2 Å². The summed E-state index contributed by atoms with van der Waals surface area (Å²) in [6.07, 6.45) is 11.3. The number of pyridine rings is 1. The molecule has 2 unspecified atom stereocenters. The highest BCUT2D eigenvalue weighted by atomic mass is 16.5. The number of nitrogens with zero attached hydrogens (tertiary/aromatic N) is 1. The predicted octanol–water partition coefficient (Wildman–Crippen LogP) is 3.68.